The molecule has 1 aromatic heterocycles. The van der Waals surface area contributed by atoms with Crippen LogP contribution in [0.25, 0.3) is 0 Å². The second kappa shape index (κ2) is 8.03. The SMILES string of the molecule is CCOC(=O)Cn1nc(N)c2c1CCC[C@H]2C(=O)OCc1ccccc1. The molecule has 1 aromatic carbocycles. The zero-order chi connectivity index (χ0) is 18.5. The van der Waals surface area contributed by atoms with Crippen molar-refractivity contribution in [2.24, 2.45) is 0 Å². The molecule has 1 aliphatic carbocycles. The molecule has 0 saturated carbocycles. The van der Waals surface area contributed by atoms with Crippen molar-refractivity contribution in [3.63, 3.8) is 0 Å². The van der Waals surface area contributed by atoms with Crippen LogP contribution in [0.4, 0.5) is 5.82 Å². The first-order chi connectivity index (χ1) is 12.6. The number of esters is 2. The summed E-state index contributed by atoms with van der Waals surface area (Å²) in [5, 5.41) is 4.25. The summed E-state index contributed by atoms with van der Waals surface area (Å²) in [5.74, 6) is -0.840. The number of fused-ring (bicyclic) bond motifs is 1. The highest BCUT2D eigenvalue weighted by atomic mass is 16.5. The Morgan fingerprint density at radius 1 is 1.27 bits per heavy atom. The van der Waals surface area contributed by atoms with E-state index in [4.69, 9.17) is 15.2 Å². The van der Waals surface area contributed by atoms with Crippen molar-refractivity contribution in [2.75, 3.05) is 12.3 Å². The van der Waals surface area contributed by atoms with Crippen LogP contribution in [0.2, 0.25) is 0 Å². The second-order valence-corrected chi connectivity index (χ2v) is 6.25. The molecule has 2 aromatic rings. The Balaban J connectivity index is 1.74. The number of anilines is 1. The van der Waals surface area contributed by atoms with Gasteiger partial charge in [0.1, 0.15) is 19.0 Å². The van der Waals surface area contributed by atoms with Gasteiger partial charge in [-0.1, -0.05) is 30.3 Å². The lowest BCUT2D eigenvalue weighted by atomic mass is 9.86. The molecule has 0 aliphatic heterocycles. The molecule has 3 rings (SSSR count). The van der Waals surface area contributed by atoms with Gasteiger partial charge in [-0.25, -0.2) is 0 Å². The van der Waals surface area contributed by atoms with Gasteiger partial charge < -0.3 is 15.2 Å². The van der Waals surface area contributed by atoms with E-state index in [0.29, 0.717) is 18.6 Å². The standard InChI is InChI=1S/C19H23N3O4/c1-2-25-16(23)11-22-15-10-6-9-14(17(15)18(20)21-22)19(24)26-12-13-7-4-3-5-8-13/h3-5,7-8,14H,2,6,9-12H2,1H3,(H2,20,21)/t14-/m1/s1. The predicted octanol–water partition coefficient (Wildman–Crippen LogP) is 2.19. The second-order valence-electron chi connectivity index (χ2n) is 6.25. The van der Waals surface area contributed by atoms with Crippen LogP contribution < -0.4 is 5.73 Å². The highest BCUT2D eigenvalue weighted by Gasteiger charge is 2.34. The fraction of sp³-hybridized carbons (Fsp3) is 0.421. The first-order valence-electron chi connectivity index (χ1n) is 8.81. The van der Waals surface area contributed by atoms with Gasteiger partial charge in [0.25, 0.3) is 0 Å². The number of rotatable bonds is 6. The molecule has 0 radical (unpaired) electrons. The van der Waals surface area contributed by atoms with Gasteiger partial charge in [-0.15, -0.1) is 0 Å². The van der Waals surface area contributed by atoms with E-state index in [0.717, 1.165) is 24.1 Å². The van der Waals surface area contributed by atoms with E-state index >= 15 is 0 Å². The number of benzene rings is 1. The third-order valence-electron chi connectivity index (χ3n) is 4.47. The predicted molar refractivity (Wildman–Crippen MR) is 95.2 cm³/mol. The number of hydrogen-bond acceptors (Lipinski definition) is 6. The summed E-state index contributed by atoms with van der Waals surface area (Å²) in [6, 6.07) is 9.53. The Morgan fingerprint density at radius 2 is 2.04 bits per heavy atom. The molecule has 7 heteroatoms. The summed E-state index contributed by atoms with van der Waals surface area (Å²) in [7, 11) is 0. The number of hydrogen-bond donors (Lipinski definition) is 1. The van der Waals surface area contributed by atoms with Gasteiger partial charge in [-0.3, -0.25) is 14.3 Å². The van der Waals surface area contributed by atoms with E-state index in [-0.39, 0.29) is 30.9 Å². The van der Waals surface area contributed by atoms with E-state index in [1.54, 1.807) is 11.6 Å². The van der Waals surface area contributed by atoms with Crippen LogP contribution in [0.3, 0.4) is 0 Å². The van der Waals surface area contributed by atoms with Crippen LogP contribution in [-0.2, 0) is 38.6 Å². The maximum absolute atomic E-state index is 12.6. The lowest BCUT2D eigenvalue weighted by Gasteiger charge is -2.22. The van der Waals surface area contributed by atoms with Gasteiger partial charge in [0.2, 0.25) is 0 Å². The smallest absolute Gasteiger partial charge is 0.327 e. The molecule has 26 heavy (non-hydrogen) atoms. The first kappa shape index (κ1) is 18.0. The van der Waals surface area contributed by atoms with Crippen molar-refractivity contribution >= 4 is 17.8 Å². The number of carbonyl (C=O) groups excluding carboxylic acids is 2. The van der Waals surface area contributed by atoms with Crippen LogP contribution in [0.1, 0.15) is 42.5 Å². The van der Waals surface area contributed by atoms with Gasteiger partial charge in [-0.2, -0.15) is 5.10 Å². The topological polar surface area (TPSA) is 96.4 Å². The van der Waals surface area contributed by atoms with Crippen LogP contribution in [-0.4, -0.2) is 28.3 Å². The van der Waals surface area contributed by atoms with Crippen molar-refractivity contribution < 1.29 is 19.1 Å². The molecular weight excluding hydrogens is 334 g/mol. The molecular formula is C19H23N3O4. The lowest BCUT2D eigenvalue weighted by molar-refractivity contribution is -0.147. The fourth-order valence-corrected chi connectivity index (χ4v) is 3.32. The number of nitrogens with two attached hydrogens (primary N) is 1. The molecule has 1 atom stereocenters. The molecule has 0 fully saturated rings. The summed E-state index contributed by atoms with van der Waals surface area (Å²) in [6.45, 7) is 2.29. The maximum atomic E-state index is 12.6. The molecule has 2 N–H and O–H groups in total. The fourth-order valence-electron chi connectivity index (χ4n) is 3.32. The van der Waals surface area contributed by atoms with Gasteiger partial charge in [0.05, 0.1) is 12.5 Å². The summed E-state index contributed by atoms with van der Waals surface area (Å²) in [5.41, 5.74) is 8.50. The Hall–Kier alpha value is -2.83. The maximum Gasteiger partial charge on any atom is 0.327 e. The van der Waals surface area contributed by atoms with Gasteiger partial charge >= 0.3 is 11.9 Å². The minimum absolute atomic E-state index is 0.000837. The number of nitrogen functional groups attached to an aromatic ring is 1. The minimum Gasteiger partial charge on any atom is -0.465 e. The van der Waals surface area contributed by atoms with Crippen molar-refractivity contribution in [1.82, 2.24) is 9.78 Å². The average molecular weight is 357 g/mol. The van der Waals surface area contributed by atoms with E-state index in [1.165, 1.54) is 0 Å². The third kappa shape index (κ3) is 3.87. The van der Waals surface area contributed by atoms with Crippen LogP contribution in [0.5, 0.6) is 0 Å². The lowest BCUT2D eigenvalue weighted by Crippen LogP contribution is -2.23. The first-order valence-corrected chi connectivity index (χ1v) is 8.81. The Kier molecular flexibility index (Phi) is 5.55. The molecule has 0 amide bonds. The number of carbonyl (C=O) groups is 2. The largest absolute Gasteiger partial charge is 0.465 e. The van der Waals surface area contributed by atoms with Crippen molar-refractivity contribution in [2.45, 2.75) is 45.3 Å². The van der Waals surface area contributed by atoms with Crippen LogP contribution in [0.15, 0.2) is 30.3 Å². The molecule has 138 valence electrons. The van der Waals surface area contributed by atoms with E-state index in [1.807, 2.05) is 30.3 Å². The van der Waals surface area contributed by atoms with Crippen molar-refractivity contribution in [3.05, 3.63) is 47.2 Å². The highest BCUT2D eigenvalue weighted by molar-refractivity contribution is 5.81. The van der Waals surface area contributed by atoms with Crippen LogP contribution in [0, 0.1) is 0 Å². The Labute approximate surface area is 152 Å². The molecule has 0 spiro atoms. The number of ether oxygens (including phenoxy) is 2. The number of nitrogens with zero attached hydrogens (tertiary/aromatic N) is 2. The molecule has 0 bridgehead atoms. The highest BCUT2D eigenvalue weighted by Crippen LogP contribution is 2.36. The van der Waals surface area contributed by atoms with Crippen molar-refractivity contribution in [1.29, 1.82) is 0 Å². The molecule has 0 saturated heterocycles. The molecule has 0 unspecified atom stereocenters. The zero-order valence-corrected chi connectivity index (χ0v) is 14.8. The van der Waals surface area contributed by atoms with Gasteiger partial charge in [-0.05, 0) is 31.7 Å². The molecule has 1 heterocycles. The Morgan fingerprint density at radius 3 is 2.77 bits per heavy atom. The monoisotopic (exact) mass is 357 g/mol. The average Bonchev–Trinajstić information content (AvgIpc) is 2.96. The quantitative estimate of drug-likeness (QED) is 0.796. The van der Waals surface area contributed by atoms with Gasteiger partial charge in [0.15, 0.2) is 0 Å². The molecule has 1 aliphatic rings. The minimum atomic E-state index is -0.446. The summed E-state index contributed by atoms with van der Waals surface area (Å²) in [4.78, 5) is 24.4. The van der Waals surface area contributed by atoms with Crippen LogP contribution >= 0.6 is 0 Å². The van der Waals surface area contributed by atoms with E-state index in [9.17, 15) is 9.59 Å². The third-order valence-corrected chi connectivity index (χ3v) is 4.47. The molecule has 7 nitrogen and oxygen atoms in total. The van der Waals surface area contributed by atoms with Crippen molar-refractivity contribution in [3.8, 4) is 0 Å². The van der Waals surface area contributed by atoms with Gasteiger partial charge in [0, 0.05) is 11.3 Å². The normalized spacial score (nSPS) is 16.0. The summed E-state index contributed by atoms with van der Waals surface area (Å²) in [6.07, 6.45) is 2.20. The van der Waals surface area contributed by atoms with E-state index < -0.39 is 5.92 Å². The summed E-state index contributed by atoms with van der Waals surface area (Å²) < 4.78 is 12.0. The number of aromatic nitrogens is 2. The zero-order valence-electron chi connectivity index (χ0n) is 14.8. The Bertz CT molecular complexity index is 786. The van der Waals surface area contributed by atoms with E-state index in [2.05, 4.69) is 5.10 Å². The summed E-state index contributed by atoms with van der Waals surface area (Å²) >= 11 is 0.